The number of aliphatic hydroxyl groups is 1. The fourth-order valence-corrected chi connectivity index (χ4v) is 10.5. The number of allylic oxidation sites excluding steroid dienone is 5. The minimum Gasteiger partial charge on any atom is -0.506 e. The van der Waals surface area contributed by atoms with E-state index >= 15 is 0 Å². The number of sulfonamides is 1. The van der Waals surface area contributed by atoms with Crippen molar-refractivity contribution < 1.29 is 74.5 Å². The van der Waals surface area contributed by atoms with Crippen LogP contribution < -0.4 is 9.21 Å². The summed E-state index contributed by atoms with van der Waals surface area (Å²) in [6.07, 6.45) is 4.67. The van der Waals surface area contributed by atoms with Crippen molar-refractivity contribution in [1.29, 1.82) is 0 Å². The van der Waals surface area contributed by atoms with E-state index in [2.05, 4.69) is 9.37 Å². The highest BCUT2D eigenvalue weighted by atomic mass is 32.2. The number of quaternary nitrogens is 1. The van der Waals surface area contributed by atoms with Crippen LogP contribution in [0.2, 0.25) is 0 Å². The Labute approximate surface area is 354 Å². The molecule has 4 N–H and O–H groups in total. The summed E-state index contributed by atoms with van der Waals surface area (Å²) in [5, 5.41) is 24.6. The van der Waals surface area contributed by atoms with E-state index in [1.54, 1.807) is 45.9 Å². The summed E-state index contributed by atoms with van der Waals surface area (Å²) in [6.45, 7) is 6.75. The molecule has 4 aliphatic heterocycles. The van der Waals surface area contributed by atoms with Gasteiger partial charge in [-0.15, -0.1) is 9.40 Å². The highest BCUT2D eigenvalue weighted by Crippen LogP contribution is 2.57. The summed E-state index contributed by atoms with van der Waals surface area (Å²) in [7, 11) is -8.65. The standard InChI is InChI=1S/C39H40N4O15S3/c1-38(2)25-16-21(59-58-57-50)9-11-27(25)41(20-32(44)40-60(5,51)52)30(38)18-23-35(47)24(36(23)48)19-31-39(3,4)26-17-22(61(53,54)55)10-12-28(26)43(31)15-7-6-8-29(43)37(49)56-42-33(45)13-14-34(42)46/h9-12,16-19,29H,6-8,13-15,20H2,1-5H3,(H2-2,40,44,47,48,50,53,54,55)/p+2. The Kier molecular flexibility index (Phi) is 11.1. The second kappa shape index (κ2) is 15.4. The molecule has 0 radical (unpaired) electrons. The molecular weight excluding hydrogens is 861 g/mol. The van der Waals surface area contributed by atoms with E-state index in [0.29, 0.717) is 68.8 Å². The van der Waals surface area contributed by atoms with Crippen LogP contribution in [0, 0.1) is 0 Å². The number of rotatable bonds is 11. The van der Waals surface area contributed by atoms with Crippen molar-refractivity contribution in [2.45, 2.75) is 86.5 Å². The number of fused-ring (bicyclic) bond motifs is 3. The van der Waals surface area contributed by atoms with Gasteiger partial charge in [0.2, 0.25) is 28.0 Å². The van der Waals surface area contributed by atoms with Gasteiger partial charge in [0.25, 0.3) is 27.8 Å². The van der Waals surface area contributed by atoms with Gasteiger partial charge in [-0.1, -0.05) is 5.04 Å². The molecule has 2 aromatic rings. The number of hydrogen-bond acceptors (Lipinski definition) is 15. The van der Waals surface area contributed by atoms with Gasteiger partial charge in [-0.05, 0) is 64.8 Å². The molecular formula is C39H42N4O15S3+2. The Morgan fingerprint density at radius 2 is 1.67 bits per heavy atom. The number of carbonyl (C=O) groups is 5. The number of imide groups is 1. The van der Waals surface area contributed by atoms with Gasteiger partial charge in [-0.25, -0.2) is 27.7 Å². The first-order valence-electron chi connectivity index (χ1n) is 18.9. The van der Waals surface area contributed by atoms with Gasteiger partial charge in [-0.3, -0.25) is 23.7 Å². The number of aliphatic hydroxyl groups excluding tert-OH is 1. The van der Waals surface area contributed by atoms with Gasteiger partial charge in [-0.2, -0.15) is 13.0 Å². The first kappa shape index (κ1) is 44.0. The minimum atomic E-state index is -4.70. The van der Waals surface area contributed by atoms with Crippen molar-refractivity contribution in [2.75, 3.05) is 19.3 Å². The van der Waals surface area contributed by atoms with Crippen LogP contribution in [0.1, 0.15) is 70.9 Å². The molecule has 2 fully saturated rings. The zero-order valence-corrected chi connectivity index (χ0v) is 35.9. The van der Waals surface area contributed by atoms with E-state index in [0.717, 1.165) is 6.26 Å². The average Bonchev–Trinajstić information content (AvgIpc) is 3.67. The molecule has 0 aromatic heterocycles. The maximum Gasteiger partial charge on any atom is 0.391 e. The summed E-state index contributed by atoms with van der Waals surface area (Å²) in [4.78, 5) is 72.1. The highest BCUT2D eigenvalue weighted by Gasteiger charge is 2.62. The normalized spacial score (nSPS) is 24.5. The molecule has 0 bridgehead atoms. The van der Waals surface area contributed by atoms with Crippen LogP contribution >= 0.6 is 12.0 Å². The summed E-state index contributed by atoms with van der Waals surface area (Å²) < 4.78 is 66.4. The first-order chi connectivity index (χ1) is 28.4. The van der Waals surface area contributed by atoms with E-state index in [1.165, 1.54) is 34.9 Å². The highest BCUT2D eigenvalue weighted by molar-refractivity contribution is 7.94. The molecule has 4 heterocycles. The molecule has 22 heteroatoms. The minimum absolute atomic E-state index is 0.134. The van der Waals surface area contributed by atoms with Gasteiger partial charge in [0.05, 0.1) is 51.7 Å². The predicted octanol–water partition coefficient (Wildman–Crippen LogP) is 3.48. The smallest absolute Gasteiger partial charge is 0.391 e. The number of Topliss-reactive ketones (excluding diaryl/α,β-unsaturated/α-hetero) is 1. The van der Waals surface area contributed by atoms with Crippen molar-refractivity contribution in [2.24, 2.45) is 0 Å². The molecule has 2 atom stereocenters. The average molecular weight is 903 g/mol. The van der Waals surface area contributed by atoms with Crippen LogP contribution in [0.5, 0.6) is 0 Å². The lowest BCUT2D eigenvalue weighted by atomic mass is 9.77. The zero-order chi connectivity index (χ0) is 44.6. The van der Waals surface area contributed by atoms with Crippen LogP contribution in [0.4, 0.5) is 11.4 Å². The second-order valence-corrected chi connectivity index (χ2v) is 20.3. The number of amides is 3. The third kappa shape index (κ3) is 7.53. The van der Waals surface area contributed by atoms with Gasteiger partial charge < -0.3 is 9.94 Å². The Morgan fingerprint density at radius 3 is 2.30 bits per heavy atom. The van der Waals surface area contributed by atoms with E-state index in [1.807, 2.05) is 4.72 Å². The maximum absolute atomic E-state index is 14.3. The van der Waals surface area contributed by atoms with E-state index in [9.17, 15) is 50.5 Å². The molecule has 3 amide bonds. The quantitative estimate of drug-likeness (QED) is 0.0368. The molecule has 5 aliphatic rings. The van der Waals surface area contributed by atoms with E-state index < -0.39 is 83.7 Å². The van der Waals surface area contributed by atoms with Crippen LogP contribution in [0.15, 0.2) is 80.9 Å². The molecule has 61 heavy (non-hydrogen) atoms. The molecule has 324 valence electrons. The molecule has 7 rings (SSSR count). The van der Waals surface area contributed by atoms with Crippen molar-refractivity contribution in [3.8, 4) is 0 Å². The first-order valence-corrected chi connectivity index (χ1v) is 23.0. The monoisotopic (exact) mass is 902 g/mol. The van der Waals surface area contributed by atoms with Gasteiger partial charge >= 0.3 is 5.97 Å². The van der Waals surface area contributed by atoms with Crippen LogP contribution in [0.3, 0.4) is 0 Å². The van der Waals surface area contributed by atoms with Gasteiger partial charge in [0.1, 0.15) is 17.1 Å². The lowest BCUT2D eigenvalue weighted by Crippen LogP contribution is -2.62. The largest absolute Gasteiger partial charge is 0.506 e. The molecule has 2 aromatic carbocycles. The number of nitrogens with one attached hydrogen (secondary N) is 1. The summed E-state index contributed by atoms with van der Waals surface area (Å²) in [5.74, 6) is -4.25. The molecule has 1 aliphatic carbocycles. The Bertz CT molecular complexity index is 2680. The van der Waals surface area contributed by atoms with Crippen molar-refractivity contribution in [1.82, 2.24) is 14.3 Å². The molecule has 1 spiro atoms. The van der Waals surface area contributed by atoms with Crippen molar-refractivity contribution in [3.05, 3.63) is 82.3 Å². The lowest BCUT2D eigenvalue weighted by Gasteiger charge is -2.45. The Morgan fingerprint density at radius 1 is 0.984 bits per heavy atom. The predicted molar refractivity (Wildman–Crippen MR) is 214 cm³/mol. The number of carbonyl (C=O) groups excluding carboxylic acids is 5. The van der Waals surface area contributed by atoms with Crippen LogP contribution in [0.25, 0.3) is 0 Å². The molecule has 0 saturated carbocycles. The van der Waals surface area contributed by atoms with Gasteiger partial charge in [0.15, 0.2) is 11.8 Å². The van der Waals surface area contributed by atoms with Crippen molar-refractivity contribution in [3.63, 3.8) is 0 Å². The lowest BCUT2D eigenvalue weighted by molar-refractivity contribution is -0.432. The summed E-state index contributed by atoms with van der Waals surface area (Å²) >= 11 is 0.686. The van der Waals surface area contributed by atoms with Crippen LogP contribution in [-0.2, 0) is 69.2 Å². The zero-order valence-electron chi connectivity index (χ0n) is 33.5. The topological polar surface area (TPSA) is 260 Å². The molecule has 2 saturated heterocycles. The van der Waals surface area contributed by atoms with Crippen LogP contribution in [-0.4, -0.2) is 102 Å². The van der Waals surface area contributed by atoms with Crippen molar-refractivity contribution >= 4 is 78.7 Å². The summed E-state index contributed by atoms with van der Waals surface area (Å²) in [5.41, 5.74) is 0.139. The number of benzene rings is 2. The van der Waals surface area contributed by atoms with Gasteiger partial charge in [0, 0.05) is 59.6 Å². The molecule has 19 nitrogen and oxygen atoms in total. The van der Waals surface area contributed by atoms with E-state index in [4.69, 9.17) is 10.1 Å². The fraction of sp³-hybridized carbons (Fsp3) is 0.385. The third-order valence-corrected chi connectivity index (χ3v) is 13.9. The fourth-order valence-electron chi connectivity index (χ4n) is 9.10. The summed E-state index contributed by atoms with van der Waals surface area (Å²) in [6, 6.07) is 7.75. The third-order valence-electron chi connectivity index (χ3n) is 11.9. The number of nitrogens with zero attached hydrogens (tertiary/aromatic N) is 3. The Balaban J connectivity index is 1.37. The Hall–Kier alpha value is -5.07. The maximum atomic E-state index is 14.3. The number of piperidine rings is 1. The number of hydrogen-bond donors (Lipinski definition) is 4. The number of ketones is 1. The second-order valence-electron chi connectivity index (χ2n) is 16.4. The number of hydroxylamine groups is 2. The SMILES string of the molecule is CC1(C)C(C=C2C(=O)C(C=C3C(C)(C)c4cc(S(=O)(=O)O)ccc4[N+]34CCCCC4C(=O)ON3C(=O)CCC3=O)=C2O)=[N+](CC(=O)NS(C)(=O)=O)c2ccc(SOOO)cc21. The van der Waals surface area contributed by atoms with E-state index in [-0.39, 0.29) is 41.4 Å². The molecule has 2 unspecified atom stereocenters.